The van der Waals surface area contributed by atoms with Gasteiger partial charge in [0, 0.05) is 25.1 Å². The highest BCUT2D eigenvalue weighted by molar-refractivity contribution is 6.34. The zero-order valence-electron chi connectivity index (χ0n) is 9.52. The van der Waals surface area contributed by atoms with Crippen LogP contribution in [0.15, 0.2) is 12.1 Å². The van der Waals surface area contributed by atoms with E-state index in [4.69, 9.17) is 23.2 Å². The predicted molar refractivity (Wildman–Crippen MR) is 67.8 cm³/mol. The van der Waals surface area contributed by atoms with Crippen molar-refractivity contribution in [2.24, 2.45) is 0 Å². The quantitative estimate of drug-likeness (QED) is 0.672. The summed E-state index contributed by atoms with van der Waals surface area (Å²) >= 11 is 11.5. The number of phenols is 1. The molecule has 0 aromatic heterocycles. The van der Waals surface area contributed by atoms with Crippen LogP contribution in [0.2, 0.25) is 10.0 Å². The Kier molecular flexibility index (Phi) is 5.22. The van der Waals surface area contributed by atoms with E-state index >= 15 is 0 Å². The lowest BCUT2D eigenvalue weighted by molar-refractivity contribution is -0.119. The number of rotatable bonds is 4. The lowest BCUT2D eigenvalue weighted by Gasteiger charge is -2.19. The van der Waals surface area contributed by atoms with E-state index in [2.05, 4.69) is 5.32 Å². The van der Waals surface area contributed by atoms with Crippen LogP contribution in [-0.4, -0.2) is 33.9 Å². The first-order valence-corrected chi connectivity index (χ1v) is 5.87. The van der Waals surface area contributed by atoms with Gasteiger partial charge in [-0.3, -0.25) is 4.79 Å². The molecular weight excluding hydrogens is 281 g/mol. The van der Waals surface area contributed by atoms with E-state index in [1.54, 1.807) is 0 Å². The van der Waals surface area contributed by atoms with Gasteiger partial charge in [0.25, 0.3) is 0 Å². The molecule has 0 spiro atoms. The van der Waals surface area contributed by atoms with Gasteiger partial charge in [-0.25, -0.2) is 0 Å². The maximum absolute atomic E-state index is 10.7. The molecule has 2 unspecified atom stereocenters. The molecule has 0 saturated heterocycles. The monoisotopic (exact) mass is 293 g/mol. The van der Waals surface area contributed by atoms with Crippen molar-refractivity contribution in [1.29, 1.82) is 0 Å². The van der Waals surface area contributed by atoms with Crippen LogP contribution < -0.4 is 5.32 Å². The predicted octanol–water partition coefficient (Wildman–Crippen LogP) is 1.23. The number of amides is 1. The van der Waals surface area contributed by atoms with Gasteiger partial charge in [-0.2, -0.15) is 0 Å². The summed E-state index contributed by atoms with van der Waals surface area (Å²) in [5.41, 5.74) is 0.178. The molecule has 5 nitrogen and oxygen atoms in total. The van der Waals surface area contributed by atoms with Gasteiger partial charge < -0.3 is 20.6 Å². The molecule has 0 aliphatic rings. The number of benzene rings is 1. The maximum atomic E-state index is 10.7. The molecular formula is C11H13Cl2NO4. The van der Waals surface area contributed by atoms with Crippen molar-refractivity contribution in [3.8, 4) is 5.75 Å². The standard InChI is InChI=1S/C11H13Cl2NO4/c1-5(15)14-4-10(17)11(18)6-2-8(13)9(16)3-7(6)12/h2-3,10-11,16-18H,4H2,1H3,(H,14,15). The molecule has 2 atom stereocenters. The zero-order valence-corrected chi connectivity index (χ0v) is 11.0. The minimum absolute atomic E-state index is 0.0141. The van der Waals surface area contributed by atoms with E-state index < -0.39 is 12.2 Å². The molecule has 7 heteroatoms. The summed E-state index contributed by atoms with van der Waals surface area (Å²) < 4.78 is 0. The van der Waals surface area contributed by atoms with Crippen LogP contribution in [-0.2, 0) is 4.79 Å². The van der Waals surface area contributed by atoms with Gasteiger partial charge in [-0.1, -0.05) is 23.2 Å². The summed E-state index contributed by atoms with van der Waals surface area (Å²) in [6.45, 7) is 1.18. The fourth-order valence-corrected chi connectivity index (χ4v) is 1.79. The van der Waals surface area contributed by atoms with Crippen molar-refractivity contribution < 1.29 is 20.1 Å². The van der Waals surface area contributed by atoms with Crippen molar-refractivity contribution in [2.45, 2.75) is 19.1 Å². The normalized spacial score (nSPS) is 14.1. The molecule has 0 saturated carbocycles. The molecule has 100 valence electrons. The molecule has 1 aromatic carbocycles. The number of halogens is 2. The van der Waals surface area contributed by atoms with Gasteiger partial charge in [0.1, 0.15) is 18.0 Å². The number of carbonyl (C=O) groups excluding carboxylic acids is 1. The Morgan fingerprint density at radius 1 is 1.33 bits per heavy atom. The number of aromatic hydroxyl groups is 1. The second-order valence-corrected chi connectivity index (χ2v) is 4.59. The molecule has 1 aromatic rings. The van der Waals surface area contributed by atoms with E-state index in [0.29, 0.717) is 0 Å². The molecule has 0 bridgehead atoms. The van der Waals surface area contributed by atoms with Crippen LogP contribution in [0.1, 0.15) is 18.6 Å². The number of nitrogens with one attached hydrogen (secondary N) is 1. The summed E-state index contributed by atoms with van der Waals surface area (Å²) in [4.78, 5) is 10.7. The molecule has 0 heterocycles. The summed E-state index contributed by atoms with van der Waals surface area (Å²) in [5.74, 6) is -0.537. The van der Waals surface area contributed by atoms with Crippen molar-refractivity contribution >= 4 is 29.1 Å². The highest BCUT2D eigenvalue weighted by Gasteiger charge is 2.22. The van der Waals surface area contributed by atoms with Crippen molar-refractivity contribution in [2.75, 3.05) is 6.54 Å². The van der Waals surface area contributed by atoms with Crippen molar-refractivity contribution in [3.63, 3.8) is 0 Å². The van der Waals surface area contributed by atoms with Gasteiger partial charge >= 0.3 is 0 Å². The Bertz CT molecular complexity index is 453. The summed E-state index contributed by atoms with van der Waals surface area (Å²) in [6.07, 6.45) is -2.55. The minimum Gasteiger partial charge on any atom is -0.506 e. The Labute approximate surface area is 114 Å². The minimum atomic E-state index is -1.32. The third-order valence-corrected chi connectivity index (χ3v) is 2.94. The second kappa shape index (κ2) is 6.24. The lowest BCUT2D eigenvalue weighted by atomic mass is 10.0. The van der Waals surface area contributed by atoms with E-state index in [-0.39, 0.29) is 33.8 Å². The van der Waals surface area contributed by atoms with Crippen molar-refractivity contribution in [1.82, 2.24) is 5.32 Å². The Balaban J connectivity index is 2.86. The third kappa shape index (κ3) is 3.74. The first-order valence-electron chi connectivity index (χ1n) is 5.11. The smallest absolute Gasteiger partial charge is 0.216 e. The van der Waals surface area contributed by atoms with Gasteiger partial charge in [0.15, 0.2) is 0 Å². The van der Waals surface area contributed by atoms with Crippen LogP contribution >= 0.6 is 23.2 Å². The topological polar surface area (TPSA) is 89.8 Å². The van der Waals surface area contributed by atoms with Crippen LogP contribution in [0.4, 0.5) is 0 Å². The highest BCUT2D eigenvalue weighted by atomic mass is 35.5. The van der Waals surface area contributed by atoms with Crippen LogP contribution in [0.3, 0.4) is 0 Å². The Hall–Kier alpha value is -1.01. The number of phenolic OH excluding ortho intramolecular Hbond substituents is 1. The van der Waals surface area contributed by atoms with Gasteiger partial charge in [-0.05, 0) is 6.07 Å². The fraction of sp³-hybridized carbons (Fsp3) is 0.364. The molecule has 4 N–H and O–H groups in total. The van der Waals surface area contributed by atoms with Gasteiger partial charge in [-0.15, -0.1) is 0 Å². The first kappa shape index (κ1) is 15.0. The molecule has 0 aliphatic carbocycles. The summed E-state index contributed by atoms with van der Waals surface area (Å²) in [6, 6.07) is 2.44. The van der Waals surface area contributed by atoms with Crippen molar-refractivity contribution in [3.05, 3.63) is 27.7 Å². The number of carbonyl (C=O) groups is 1. The number of hydrogen-bond donors (Lipinski definition) is 4. The second-order valence-electron chi connectivity index (χ2n) is 3.77. The molecule has 0 radical (unpaired) electrons. The van der Waals surface area contributed by atoms with Gasteiger partial charge in [0.2, 0.25) is 5.91 Å². The highest BCUT2D eigenvalue weighted by Crippen LogP contribution is 2.34. The molecule has 0 aliphatic heterocycles. The van der Waals surface area contributed by atoms with Gasteiger partial charge in [0.05, 0.1) is 10.0 Å². The average molecular weight is 294 g/mol. The van der Waals surface area contributed by atoms with E-state index in [9.17, 15) is 20.1 Å². The molecule has 0 fully saturated rings. The first-order chi connectivity index (χ1) is 8.32. The van der Waals surface area contributed by atoms with E-state index in [1.807, 2.05) is 0 Å². The lowest BCUT2D eigenvalue weighted by Crippen LogP contribution is -2.34. The Morgan fingerprint density at radius 3 is 2.50 bits per heavy atom. The fourth-order valence-electron chi connectivity index (χ4n) is 1.35. The molecule has 18 heavy (non-hydrogen) atoms. The average Bonchev–Trinajstić information content (AvgIpc) is 2.29. The summed E-state index contributed by atoms with van der Waals surface area (Å²) in [5, 5.41) is 31.3. The Morgan fingerprint density at radius 2 is 1.94 bits per heavy atom. The van der Waals surface area contributed by atoms with Crippen LogP contribution in [0.25, 0.3) is 0 Å². The number of aliphatic hydroxyl groups excluding tert-OH is 2. The number of hydrogen-bond acceptors (Lipinski definition) is 4. The zero-order chi connectivity index (χ0) is 13.9. The third-order valence-electron chi connectivity index (χ3n) is 2.31. The number of aliphatic hydroxyl groups is 2. The van der Waals surface area contributed by atoms with Crippen LogP contribution in [0.5, 0.6) is 5.75 Å². The molecule has 1 amide bonds. The van der Waals surface area contributed by atoms with E-state index in [1.165, 1.54) is 19.1 Å². The largest absolute Gasteiger partial charge is 0.506 e. The molecule has 1 rings (SSSR count). The maximum Gasteiger partial charge on any atom is 0.216 e. The van der Waals surface area contributed by atoms with Crippen LogP contribution in [0, 0.1) is 0 Å². The van der Waals surface area contributed by atoms with E-state index in [0.717, 1.165) is 0 Å². The SMILES string of the molecule is CC(=O)NCC(O)C(O)c1cc(Cl)c(O)cc1Cl. The summed E-state index contributed by atoms with van der Waals surface area (Å²) in [7, 11) is 0.